The van der Waals surface area contributed by atoms with Gasteiger partial charge in [0, 0.05) is 16.5 Å². The molecule has 2 nitrogen and oxygen atoms in total. The first-order valence-electron chi connectivity index (χ1n) is 17.5. The van der Waals surface area contributed by atoms with Crippen LogP contribution in [0.2, 0.25) is 0 Å². The summed E-state index contributed by atoms with van der Waals surface area (Å²) in [5.41, 5.74) is 15.8. The molecule has 0 spiro atoms. The molecule has 1 heterocycles. The number of nitrogens with zero attached hydrogens (tertiary/aromatic N) is 2. The minimum absolute atomic E-state index is 0.119. The standard InChI is InChI=1S/C48H38N2/c1-47(2)41-26-23-36(35-20-13-19-34(28-35)31-14-7-5-8-15-31)29-40(41)39-25-22-37(30-42(39)48(47,3)4)45-44(33-17-9-6-10-18-33)49-43-27-24-32-16-11-12-21-38(32)46(43)50-45/h5-30H,1-4H3. The average Bonchev–Trinajstić information content (AvgIpc) is 3.17. The Bertz CT molecular complexity index is 2580. The zero-order chi connectivity index (χ0) is 34.0. The van der Waals surface area contributed by atoms with Gasteiger partial charge in [0.1, 0.15) is 0 Å². The molecule has 1 aliphatic carbocycles. The highest BCUT2D eigenvalue weighted by molar-refractivity contribution is 6.05. The summed E-state index contributed by atoms with van der Waals surface area (Å²) in [6.45, 7) is 9.59. The van der Waals surface area contributed by atoms with Crippen LogP contribution in [-0.2, 0) is 10.8 Å². The lowest BCUT2D eigenvalue weighted by Gasteiger charge is -2.48. The van der Waals surface area contributed by atoms with Gasteiger partial charge in [-0.2, -0.15) is 0 Å². The molecule has 0 saturated heterocycles. The van der Waals surface area contributed by atoms with E-state index in [1.807, 2.05) is 0 Å². The second-order valence-corrected chi connectivity index (χ2v) is 14.7. The zero-order valence-corrected chi connectivity index (χ0v) is 28.9. The highest BCUT2D eigenvalue weighted by Gasteiger charge is 2.46. The lowest BCUT2D eigenvalue weighted by Crippen LogP contribution is -2.43. The van der Waals surface area contributed by atoms with Crippen LogP contribution in [-0.4, -0.2) is 9.97 Å². The fourth-order valence-corrected chi connectivity index (χ4v) is 7.91. The predicted molar refractivity (Wildman–Crippen MR) is 210 cm³/mol. The summed E-state index contributed by atoms with van der Waals surface area (Å²) in [4.78, 5) is 10.7. The van der Waals surface area contributed by atoms with Crippen LogP contribution in [0, 0.1) is 0 Å². The minimum Gasteiger partial charge on any atom is -0.244 e. The van der Waals surface area contributed by atoms with Crippen molar-refractivity contribution >= 4 is 21.8 Å². The summed E-state index contributed by atoms with van der Waals surface area (Å²) in [6, 6.07) is 56.8. The second kappa shape index (κ2) is 11.4. The molecule has 0 amide bonds. The van der Waals surface area contributed by atoms with E-state index in [2.05, 4.69) is 185 Å². The third kappa shape index (κ3) is 4.70. The largest absolute Gasteiger partial charge is 0.244 e. The Morgan fingerprint density at radius 1 is 0.380 bits per heavy atom. The smallest absolute Gasteiger partial charge is 0.0973 e. The monoisotopic (exact) mass is 642 g/mol. The van der Waals surface area contributed by atoms with E-state index in [0.29, 0.717) is 0 Å². The molecule has 0 N–H and O–H groups in total. The molecule has 50 heavy (non-hydrogen) atoms. The van der Waals surface area contributed by atoms with E-state index in [0.717, 1.165) is 38.9 Å². The first-order valence-corrected chi connectivity index (χ1v) is 17.5. The molecular weight excluding hydrogens is 605 g/mol. The highest BCUT2D eigenvalue weighted by Crippen LogP contribution is 2.55. The third-order valence-corrected chi connectivity index (χ3v) is 11.4. The van der Waals surface area contributed by atoms with Gasteiger partial charge in [0.15, 0.2) is 0 Å². The maximum absolute atomic E-state index is 5.45. The van der Waals surface area contributed by atoms with Gasteiger partial charge in [-0.3, -0.25) is 0 Å². The van der Waals surface area contributed by atoms with E-state index in [1.165, 1.54) is 49.9 Å². The van der Waals surface area contributed by atoms with E-state index in [9.17, 15) is 0 Å². The van der Waals surface area contributed by atoms with Crippen LogP contribution in [0.15, 0.2) is 158 Å². The Morgan fingerprint density at radius 3 is 1.76 bits per heavy atom. The van der Waals surface area contributed by atoms with Gasteiger partial charge in [-0.15, -0.1) is 0 Å². The van der Waals surface area contributed by atoms with Crippen molar-refractivity contribution in [3.8, 4) is 55.9 Å². The van der Waals surface area contributed by atoms with Crippen molar-refractivity contribution in [1.82, 2.24) is 9.97 Å². The summed E-state index contributed by atoms with van der Waals surface area (Å²) >= 11 is 0. The number of rotatable bonds is 4. The molecule has 2 heteroatoms. The number of hydrogen-bond acceptors (Lipinski definition) is 2. The molecule has 8 aromatic rings. The van der Waals surface area contributed by atoms with Crippen molar-refractivity contribution in [3.05, 3.63) is 169 Å². The highest BCUT2D eigenvalue weighted by atomic mass is 14.8. The van der Waals surface area contributed by atoms with Gasteiger partial charge in [-0.05, 0) is 85.0 Å². The SMILES string of the molecule is CC1(C)c2ccc(-c3cccc(-c4ccccc4)c3)cc2-c2ccc(-c3nc4c(ccc5ccccc54)nc3-c3ccccc3)cc2C1(C)C. The Balaban J connectivity index is 1.24. The number of fused-ring (bicyclic) bond motifs is 6. The molecule has 0 fully saturated rings. The molecule has 1 aliphatic rings. The fourth-order valence-electron chi connectivity index (χ4n) is 7.91. The number of benzene rings is 7. The molecule has 0 atom stereocenters. The van der Waals surface area contributed by atoms with E-state index >= 15 is 0 Å². The van der Waals surface area contributed by atoms with E-state index in [4.69, 9.17) is 9.97 Å². The quantitative estimate of drug-likeness (QED) is 0.179. The van der Waals surface area contributed by atoms with Crippen molar-refractivity contribution in [2.45, 2.75) is 38.5 Å². The average molecular weight is 643 g/mol. The molecule has 240 valence electrons. The van der Waals surface area contributed by atoms with Crippen molar-refractivity contribution in [3.63, 3.8) is 0 Å². The summed E-state index contributed by atoms with van der Waals surface area (Å²) in [5.74, 6) is 0. The summed E-state index contributed by atoms with van der Waals surface area (Å²) < 4.78 is 0. The first-order chi connectivity index (χ1) is 24.3. The van der Waals surface area contributed by atoms with Gasteiger partial charge in [0.25, 0.3) is 0 Å². The summed E-state index contributed by atoms with van der Waals surface area (Å²) in [6.07, 6.45) is 0. The van der Waals surface area contributed by atoms with E-state index in [1.54, 1.807) is 0 Å². The Kier molecular flexibility index (Phi) is 6.86. The second-order valence-electron chi connectivity index (χ2n) is 14.7. The molecular formula is C48H38N2. The van der Waals surface area contributed by atoms with Gasteiger partial charge < -0.3 is 0 Å². The Labute approximate surface area is 294 Å². The molecule has 0 saturated carbocycles. The first kappa shape index (κ1) is 30.2. The maximum Gasteiger partial charge on any atom is 0.0973 e. The summed E-state index contributed by atoms with van der Waals surface area (Å²) in [5, 5.41) is 2.29. The minimum atomic E-state index is -0.149. The molecule has 0 aliphatic heterocycles. The van der Waals surface area contributed by atoms with Crippen LogP contribution in [0.4, 0.5) is 0 Å². The van der Waals surface area contributed by atoms with Crippen molar-refractivity contribution in [2.75, 3.05) is 0 Å². The van der Waals surface area contributed by atoms with Crippen LogP contribution in [0.1, 0.15) is 38.8 Å². The van der Waals surface area contributed by atoms with Crippen LogP contribution in [0.3, 0.4) is 0 Å². The predicted octanol–water partition coefficient (Wildman–Crippen LogP) is 12.7. The zero-order valence-electron chi connectivity index (χ0n) is 28.9. The van der Waals surface area contributed by atoms with Crippen LogP contribution in [0.5, 0.6) is 0 Å². The number of hydrogen-bond donors (Lipinski definition) is 0. The van der Waals surface area contributed by atoms with Gasteiger partial charge in [0.2, 0.25) is 0 Å². The molecule has 1 aromatic heterocycles. The van der Waals surface area contributed by atoms with Crippen molar-refractivity contribution in [2.24, 2.45) is 0 Å². The topological polar surface area (TPSA) is 25.8 Å². The Morgan fingerprint density at radius 2 is 0.980 bits per heavy atom. The fraction of sp³-hybridized carbons (Fsp3) is 0.125. The van der Waals surface area contributed by atoms with Crippen LogP contribution >= 0.6 is 0 Å². The lowest BCUT2D eigenvalue weighted by atomic mass is 9.55. The number of aromatic nitrogens is 2. The molecule has 7 aromatic carbocycles. The van der Waals surface area contributed by atoms with Crippen LogP contribution < -0.4 is 0 Å². The molecule has 0 unspecified atom stereocenters. The van der Waals surface area contributed by atoms with Crippen molar-refractivity contribution in [1.29, 1.82) is 0 Å². The third-order valence-electron chi connectivity index (χ3n) is 11.4. The van der Waals surface area contributed by atoms with Gasteiger partial charge in [-0.25, -0.2) is 9.97 Å². The van der Waals surface area contributed by atoms with Crippen molar-refractivity contribution < 1.29 is 0 Å². The molecule has 9 rings (SSSR count). The summed E-state index contributed by atoms with van der Waals surface area (Å²) in [7, 11) is 0. The van der Waals surface area contributed by atoms with Crippen LogP contribution in [0.25, 0.3) is 77.7 Å². The molecule has 0 bridgehead atoms. The van der Waals surface area contributed by atoms with Gasteiger partial charge >= 0.3 is 0 Å². The lowest BCUT2D eigenvalue weighted by molar-refractivity contribution is 0.299. The van der Waals surface area contributed by atoms with Gasteiger partial charge in [0.05, 0.1) is 22.4 Å². The Hall–Kier alpha value is -5.86. The maximum atomic E-state index is 5.45. The normalized spacial score (nSPS) is 14.3. The van der Waals surface area contributed by atoms with E-state index < -0.39 is 0 Å². The van der Waals surface area contributed by atoms with E-state index in [-0.39, 0.29) is 10.8 Å². The van der Waals surface area contributed by atoms with Gasteiger partial charge in [-0.1, -0.05) is 161 Å². The molecule has 0 radical (unpaired) electrons.